The maximum atomic E-state index is 9.11. The molecule has 0 saturated carbocycles. The Bertz CT molecular complexity index is 579. The van der Waals surface area contributed by atoms with E-state index in [9.17, 15) is 0 Å². The second kappa shape index (κ2) is 4.26. The third-order valence-electron chi connectivity index (χ3n) is 3.49. The highest BCUT2D eigenvalue weighted by molar-refractivity contribution is 5.82. The lowest BCUT2D eigenvalue weighted by molar-refractivity contribution is -0.0204. The number of nitrogens with two attached hydrogens (primary N) is 1. The molecule has 2 atom stereocenters. The average Bonchev–Trinajstić information content (AvgIpc) is 2.93. The fourth-order valence-corrected chi connectivity index (χ4v) is 2.59. The number of ether oxygens (including phenoxy) is 1. The van der Waals surface area contributed by atoms with E-state index in [4.69, 9.17) is 15.6 Å². The second-order valence-corrected chi connectivity index (χ2v) is 4.83. The van der Waals surface area contributed by atoms with Crippen molar-refractivity contribution in [3.05, 3.63) is 24.0 Å². The lowest BCUT2D eigenvalue weighted by Gasteiger charge is -2.14. The molecule has 0 radical (unpaired) electrons. The number of anilines is 1. The Hall–Kier alpha value is -1.59. The van der Waals surface area contributed by atoms with E-state index in [1.54, 1.807) is 6.33 Å². The summed E-state index contributed by atoms with van der Waals surface area (Å²) in [6.45, 7) is 2.08. The summed E-state index contributed by atoms with van der Waals surface area (Å²) < 4.78 is 7.78. The van der Waals surface area contributed by atoms with E-state index in [0.29, 0.717) is 0 Å². The van der Waals surface area contributed by atoms with Crippen LogP contribution in [0, 0.1) is 6.92 Å². The Morgan fingerprint density at radius 3 is 3.06 bits per heavy atom. The van der Waals surface area contributed by atoms with Crippen molar-refractivity contribution >= 4 is 16.7 Å². The van der Waals surface area contributed by atoms with Gasteiger partial charge in [0, 0.05) is 5.69 Å². The van der Waals surface area contributed by atoms with Gasteiger partial charge in [-0.25, -0.2) is 4.98 Å². The minimum atomic E-state index is -0.0605. The van der Waals surface area contributed by atoms with Gasteiger partial charge in [-0.3, -0.25) is 0 Å². The molecule has 5 heteroatoms. The van der Waals surface area contributed by atoms with Gasteiger partial charge in [0.15, 0.2) is 0 Å². The molecule has 2 unspecified atom stereocenters. The van der Waals surface area contributed by atoms with Crippen LogP contribution in [0.3, 0.4) is 0 Å². The molecule has 3 N–H and O–H groups in total. The van der Waals surface area contributed by atoms with Crippen LogP contribution in [-0.4, -0.2) is 27.4 Å². The van der Waals surface area contributed by atoms with Crippen molar-refractivity contribution in [2.24, 2.45) is 0 Å². The standard InChI is InChI=1S/C13H17N3O2/c1-8-4-9(14)5-11-13(8)15-7-16(11)12-3-2-10(6-17)18-12/h4-5,7,10,12,17H,2-3,6,14H2,1H3. The van der Waals surface area contributed by atoms with E-state index >= 15 is 0 Å². The topological polar surface area (TPSA) is 73.3 Å². The number of fused-ring (bicyclic) bond motifs is 1. The maximum absolute atomic E-state index is 9.11. The monoisotopic (exact) mass is 247 g/mol. The zero-order valence-corrected chi connectivity index (χ0v) is 10.3. The molecule has 96 valence electrons. The molecular formula is C13H17N3O2. The van der Waals surface area contributed by atoms with Gasteiger partial charge in [0.05, 0.1) is 30.1 Å². The smallest absolute Gasteiger partial charge is 0.135 e. The van der Waals surface area contributed by atoms with Crippen LogP contribution >= 0.6 is 0 Å². The number of aryl methyl sites for hydroxylation is 1. The zero-order chi connectivity index (χ0) is 12.7. The number of hydrogen-bond donors (Lipinski definition) is 2. The fourth-order valence-electron chi connectivity index (χ4n) is 2.59. The number of hydrogen-bond acceptors (Lipinski definition) is 4. The zero-order valence-electron chi connectivity index (χ0n) is 10.3. The molecule has 1 saturated heterocycles. The summed E-state index contributed by atoms with van der Waals surface area (Å²) in [6.07, 6.45) is 3.46. The number of nitrogen functional groups attached to an aromatic ring is 1. The quantitative estimate of drug-likeness (QED) is 0.790. The van der Waals surface area contributed by atoms with Gasteiger partial charge >= 0.3 is 0 Å². The molecule has 0 spiro atoms. The number of benzene rings is 1. The van der Waals surface area contributed by atoms with Crippen LogP contribution in [0.15, 0.2) is 18.5 Å². The van der Waals surface area contributed by atoms with E-state index in [1.165, 1.54) is 0 Å². The third kappa shape index (κ3) is 1.76. The summed E-state index contributed by atoms with van der Waals surface area (Å²) in [5, 5.41) is 9.11. The van der Waals surface area contributed by atoms with E-state index in [-0.39, 0.29) is 18.9 Å². The number of rotatable bonds is 2. The molecule has 5 nitrogen and oxygen atoms in total. The van der Waals surface area contributed by atoms with E-state index in [1.807, 2.05) is 23.6 Å². The largest absolute Gasteiger partial charge is 0.399 e. The highest BCUT2D eigenvalue weighted by Gasteiger charge is 2.27. The molecule has 3 rings (SSSR count). The molecule has 1 aromatic carbocycles. The van der Waals surface area contributed by atoms with Crippen molar-refractivity contribution in [2.45, 2.75) is 32.1 Å². The molecule has 2 aromatic rings. The van der Waals surface area contributed by atoms with E-state index in [0.717, 1.165) is 35.1 Å². The van der Waals surface area contributed by atoms with Gasteiger partial charge in [-0.1, -0.05) is 0 Å². The summed E-state index contributed by atoms with van der Waals surface area (Å²) in [5.74, 6) is 0. The highest BCUT2D eigenvalue weighted by Crippen LogP contribution is 2.32. The molecule has 0 aliphatic carbocycles. The first kappa shape index (κ1) is 11.5. The van der Waals surface area contributed by atoms with Crippen LogP contribution in [0.25, 0.3) is 11.0 Å². The van der Waals surface area contributed by atoms with Crippen LogP contribution < -0.4 is 5.73 Å². The molecule has 2 heterocycles. The van der Waals surface area contributed by atoms with E-state index in [2.05, 4.69) is 4.98 Å². The second-order valence-electron chi connectivity index (χ2n) is 4.83. The summed E-state index contributed by atoms with van der Waals surface area (Å²) in [6, 6.07) is 3.84. The Balaban J connectivity index is 2.03. The molecule has 0 bridgehead atoms. The lowest BCUT2D eigenvalue weighted by Crippen LogP contribution is -2.13. The van der Waals surface area contributed by atoms with Crippen LogP contribution in [0.1, 0.15) is 24.6 Å². The third-order valence-corrected chi connectivity index (χ3v) is 3.49. The minimum absolute atomic E-state index is 0.0478. The van der Waals surface area contributed by atoms with Crippen molar-refractivity contribution in [1.29, 1.82) is 0 Å². The Labute approximate surface area is 105 Å². The number of aliphatic hydroxyl groups is 1. The number of aromatic nitrogens is 2. The first-order chi connectivity index (χ1) is 8.69. The SMILES string of the molecule is Cc1cc(N)cc2c1ncn2C1CCC(CO)O1. The molecule has 1 aliphatic heterocycles. The van der Waals surface area contributed by atoms with Crippen molar-refractivity contribution in [2.75, 3.05) is 12.3 Å². The van der Waals surface area contributed by atoms with E-state index < -0.39 is 0 Å². The van der Waals surface area contributed by atoms with Crippen LogP contribution in [-0.2, 0) is 4.74 Å². The van der Waals surface area contributed by atoms with Gasteiger partial charge < -0.3 is 20.1 Å². The Kier molecular flexibility index (Phi) is 2.72. The highest BCUT2D eigenvalue weighted by atomic mass is 16.5. The van der Waals surface area contributed by atoms with Crippen molar-refractivity contribution < 1.29 is 9.84 Å². The predicted octanol–water partition coefficient (Wildman–Crippen LogP) is 1.60. The predicted molar refractivity (Wildman–Crippen MR) is 69.1 cm³/mol. The Morgan fingerprint density at radius 1 is 1.50 bits per heavy atom. The summed E-state index contributed by atoms with van der Waals surface area (Å²) in [5.41, 5.74) is 9.64. The maximum Gasteiger partial charge on any atom is 0.135 e. The molecule has 18 heavy (non-hydrogen) atoms. The first-order valence-electron chi connectivity index (χ1n) is 6.18. The average molecular weight is 247 g/mol. The number of aliphatic hydroxyl groups excluding tert-OH is 1. The van der Waals surface area contributed by atoms with Gasteiger partial charge in [0.2, 0.25) is 0 Å². The molecule has 1 aliphatic rings. The first-order valence-corrected chi connectivity index (χ1v) is 6.18. The minimum Gasteiger partial charge on any atom is -0.399 e. The fraction of sp³-hybridized carbons (Fsp3) is 0.462. The molecular weight excluding hydrogens is 230 g/mol. The van der Waals surface area contributed by atoms with Gasteiger partial charge in [-0.15, -0.1) is 0 Å². The summed E-state index contributed by atoms with van der Waals surface area (Å²) >= 11 is 0. The molecule has 0 amide bonds. The normalized spacial score (nSPS) is 23.9. The summed E-state index contributed by atoms with van der Waals surface area (Å²) in [7, 11) is 0. The van der Waals surface area contributed by atoms with Gasteiger partial charge in [-0.05, 0) is 37.5 Å². The lowest BCUT2D eigenvalue weighted by atomic mass is 10.2. The van der Waals surface area contributed by atoms with Crippen LogP contribution in [0.4, 0.5) is 5.69 Å². The Morgan fingerprint density at radius 2 is 2.33 bits per heavy atom. The van der Waals surface area contributed by atoms with Crippen LogP contribution in [0.2, 0.25) is 0 Å². The molecule has 1 fully saturated rings. The molecule has 1 aromatic heterocycles. The van der Waals surface area contributed by atoms with Gasteiger partial charge in [0.25, 0.3) is 0 Å². The summed E-state index contributed by atoms with van der Waals surface area (Å²) in [4.78, 5) is 4.42. The van der Waals surface area contributed by atoms with Gasteiger partial charge in [0.1, 0.15) is 6.23 Å². The van der Waals surface area contributed by atoms with Crippen molar-refractivity contribution in [1.82, 2.24) is 9.55 Å². The van der Waals surface area contributed by atoms with Crippen molar-refractivity contribution in [3.63, 3.8) is 0 Å². The van der Waals surface area contributed by atoms with Gasteiger partial charge in [-0.2, -0.15) is 0 Å². The van der Waals surface area contributed by atoms with Crippen LogP contribution in [0.5, 0.6) is 0 Å². The number of imidazole rings is 1. The number of nitrogens with zero attached hydrogens (tertiary/aromatic N) is 2. The van der Waals surface area contributed by atoms with Crippen molar-refractivity contribution in [3.8, 4) is 0 Å².